The second-order valence-electron chi connectivity index (χ2n) is 4.66. The van der Waals surface area contributed by atoms with Crippen LogP contribution in [-0.4, -0.2) is 13.1 Å². The number of halogens is 2. The molecule has 1 atom stereocenters. The van der Waals surface area contributed by atoms with Gasteiger partial charge in [0.25, 0.3) is 0 Å². The van der Waals surface area contributed by atoms with Crippen molar-refractivity contribution in [1.29, 1.82) is 0 Å². The lowest BCUT2D eigenvalue weighted by atomic mass is 9.82. The van der Waals surface area contributed by atoms with E-state index in [4.69, 9.17) is 11.6 Å². The van der Waals surface area contributed by atoms with Crippen molar-refractivity contribution in [3.05, 3.63) is 34.6 Å². The first kappa shape index (κ1) is 15.5. The zero-order chi connectivity index (χ0) is 13.5. The summed E-state index contributed by atoms with van der Waals surface area (Å²) in [7, 11) is 0. The number of benzene rings is 1. The van der Waals surface area contributed by atoms with Crippen molar-refractivity contribution in [3.8, 4) is 0 Å². The third-order valence-corrected chi connectivity index (χ3v) is 3.92. The maximum Gasteiger partial charge on any atom is 0.124 e. The van der Waals surface area contributed by atoms with E-state index in [-0.39, 0.29) is 5.82 Å². The SMILES string of the molecule is CCNCC(c1ccc(F)cc1Cl)C(CC)CC. The van der Waals surface area contributed by atoms with Crippen molar-refractivity contribution in [2.75, 3.05) is 13.1 Å². The van der Waals surface area contributed by atoms with Crippen molar-refractivity contribution in [1.82, 2.24) is 5.32 Å². The summed E-state index contributed by atoms with van der Waals surface area (Å²) >= 11 is 6.19. The van der Waals surface area contributed by atoms with Crippen LogP contribution in [0.5, 0.6) is 0 Å². The van der Waals surface area contributed by atoms with Gasteiger partial charge in [0.15, 0.2) is 0 Å². The van der Waals surface area contributed by atoms with E-state index in [1.165, 1.54) is 12.1 Å². The molecule has 1 aromatic carbocycles. The standard InChI is InChI=1S/C15H23ClFN/c1-4-11(5-2)14(10-18-6-3)13-8-7-12(17)9-15(13)16/h7-9,11,14,18H,4-6,10H2,1-3H3. The highest BCUT2D eigenvalue weighted by Crippen LogP contribution is 2.33. The molecule has 1 nitrogen and oxygen atoms in total. The van der Waals surface area contributed by atoms with Crippen LogP contribution in [-0.2, 0) is 0 Å². The summed E-state index contributed by atoms with van der Waals surface area (Å²) < 4.78 is 13.1. The first-order chi connectivity index (χ1) is 8.63. The van der Waals surface area contributed by atoms with Crippen LogP contribution in [0.25, 0.3) is 0 Å². The Morgan fingerprint density at radius 3 is 2.39 bits per heavy atom. The molecule has 0 aliphatic rings. The summed E-state index contributed by atoms with van der Waals surface area (Å²) in [6.07, 6.45) is 2.22. The lowest BCUT2D eigenvalue weighted by Crippen LogP contribution is -2.26. The first-order valence-corrected chi connectivity index (χ1v) is 7.17. The minimum atomic E-state index is -0.268. The highest BCUT2D eigenvalue weighted by molar-refractivity contribution is 6.31. The summed E-state index contributed by atoms with van der Waals surface area (Å²) in [5.74, 6) is 0.663. The van der Waals surface area contributed by atoms with Crippen LogP contribution >= 0.6 is 11.6 Å². The molecule has 3 heteroatoms. The van der Waals surface area contributed by atoms with E-state index in [2.05, 4.69) is 26.1 Å². The zero-order valence-corrected chi connectivity index (χ0v) is 12.2. The molecule has 1 rings (SSSR count). The first-order valence-electron chi connectivity index (χ1n) is 6.79. The Hall–Kier alpha value is -0.600. The monoisotopic (exact) mass is 271 g/mol. The Kier molecular flexibility index (Phi) is 6.66. The lowest BCUT2D eigenvalue weighted by molar-refractivity contribution is 0.382. The van der Waals surface area contributed by atoms with E-state index in [0.29, 0.717) is 16.9 Å². The normalized spacial score (nSPS) is 13.0. The average Bonchev–Trinajstić information content (AvgIpc) is 2.35. The molecular formula is C15H23ClFN. The third kappa shape index (κ3) is 3.96. The van der Waals surface area contributed by atoms with Crippen molar-refractivity contribution >= 4 is 11.6 Å². The van der Waals surface area contributed by atoms with Gasteiger partial charge in [-0.25, -0.2) is 4.39 Å². The Labute approximate surface area is 115 Å². The Morgan fingerprint density at radius 1 is 1.22 bits per heavy atom. The average molecular weight is 272 g/mol. The predicted molar refractivity (Wildman–Crippen MR) is 76.8 cm³/mol. The van der Waals surface area contributed by atoms with Gasteiger partial charge in [-0.3, -0.25) is 0 Å². The van der Waals surface area contributed by atoms with Gasteiger partial charge >= 0.3 is 0 Å². The second kappa shape index (κ2) is 7.75. The highest BCUT2D eigenvalue weighted by atomic mass is 35.5. The number of likely N-dealkylation sites (N-methyl/N-ethyl adjacent to an activating group) is 1. The van der Waals surface area contributed by atoms with Gasteiger partial charge in [-0.05, 0) is 30.2 Å². The van der Waals surface area contributed by atoms with Crippen LogP contribution in [0.4, 0.5) is 4.39 Å². The van der Waals surface area contributed by atoms with E-state index in [0.717, 1.165) is 31.5 Å². The molecule has 0 heterocycles. The van der Waals surface area contributed by atoms with Crippen LogP contribution in [0.2, 0.25) is 5.02 Å². The topological polar surface area (TPSA) is 12.0 Å². The zero-order valence-electron chi connectivity index (χ0n) is 11.5. The number of nitrogens with one attached hydrogen (secondary N) is 1. The smallest absolute Gasteiger partial charge is 0.124 e. The van der Waals surface area contributed by atoms with E-state index in [1.54, 1.807) is 0 Å². The molecule has 0 spiro atoms. The molecule has 0 fully saturated rings. The molecule has 102 valence electrons. The molecule has 0 aromatic heterocycles. The second-order valence-corrected chi connectivity index (χ2v) is 5.06. The van der Waals surface area contributed by atoms with Gasteiger partial charge in [-0.2, -0.15) is 0 Å². The maximum atomic E-state index is 13.1. The van der Waals surface area contributed by atoms with Gasteiger partial charge in [0, 0.05) is 17.5 Å². The summed E-state index contributed by atoms with van der Waals surface area (Å²) in [5, 5.41) is 3.93. The predicted octanol–water partition coefficient (Wildman–Crippen LogP) is 4.61. The van der Waals surface area contributed by atoms with E-state index in [1.807, 2.05) is 6.07 Å². The van der Waals surface area contributed by atoms with Gasteiger partial charge in [0.05, 0.1) is 0 Å². The maximum absolute atomic E-state index is 13.1. The molecule has 0 aliphatic carbocycles. The van der Waals surface area contributed by atoms with Crippen LogP contribution in [0.15, 0.2) is 18.2 Å². The molecule has 0 saturated carbocycles. The lowest BCUT2D eigenvalue weighted by Gasteiger charge is -2.27. The molecule has 0 radical (unpaired) electrons. The van der Waals surface area contributed by atoms with Crippen molar-refractivity contribution in [2.45, 2.75) is 39.5 Å². The van der Waals surface area contributed by atoms with Crippen LogP contribution in [0.1, 0.15) is 45.1 Å². The summed E-state index contributed by atoms with van der Waals surface area (Å²) in [5.41, 5.74) is 1.06. The van der Waals surface area contributed by atoms with Crippen LogP contribution in [0, 0.1) is 11.7 Å². The van der Waals surface area contributed by atoms with Crippen molar-refractivity contribution in [2.24, 2.45) is 5.92 Å². The minimum Gasteiger partial charge on any atom is -0.316 e. The van der Waals surface area contributed by atoms with Gasteiger partial charge in [0.1, 0.15) is 5.82 Å². The largest absolute Gasteiger partial charge is 0.316 e. The number of rotatable bonds is 7. The summed E-state index contributed by atoms with van der Waals surface area (Å²) in [4.78, 5) is 0. The van der Waals surface area contributed by atoms with Gasteiger partial charge in [-0.1, -0.05) is 51.3 Å². The van der Waals surface area contributed by atoms with E-state index >= 15 is 0 Å². The Bertz CT molecular complexity index is 364. The Balaban J connectivity index is 3.00. The molecule has 0 bridgehead atoms. The van der Waals surface area contributed by atoms with Gasteiger partial charge < -0.3 is 5.32 Å². The number of hydrogen-bond acceptors (Lipinski definition) is 1. The fourth-order valence-corrected chi connectivity index (χ4v) is 2.80. The molecule has 1 aromatic rings. The molecule has 0 amide bonds. The van der Waals surface area contributed by atoms with E-state index < -0.39 is 0 Å². The molecule has 1 N–H and O–H groups in total. The van der Waals surface area contributed by atoms with Gasteiger partial charge in [0.2, 0.25) is 0 Å². The molecule has 0 saturated heterocycles. The van der Waals surface area contributed by atoms with E-state index in [9.17, 15) is 4.39 Å². The minimum absolute atomic E-state index is 0.268. The fraction of sp³-hybridized carbons (Fsp3) is 0.600. The molecule has 0 aliphatic heterocycles. The van der Waals surface area contributed by atoms with Crippen molar-refractivity contribution < 1.29 is 4.39 Å². The highest BCUT2D eigenvalue weighted by Gasteiger charge is 2.22. The van der Waals surface area contributed by atoms with Crippen LogP contribution in [0.3, 0.4) is 0 Å². The van der Waals surface area contributed by atoms with Gasteiger partial charge in [-0.15, -0.1) is 0 Å². The summed E-state index contributed by atoms with van der Waals surface area (Å²) in [6.45, 7) is 8.33. The van der Waals surface area contributed by atoms with Crippen molar-refractivity contribution in [3.63, 3.8) is 0 Å². The molecule has 1 unspecified atom stereocenters. The summed E-state index contributed by atoms with van der Waals surface area (Å²) in [6, 6.07) is 4.75. The van der Waals surface area contributed by atoms with Crippen LogP contribution < -0.4 is 5.32 Å². The number of hydrogen-bond donors (Lipinski definition) is 1. The molecular weight excluding hydrogens is 249 g/mol. The fourth-order valence-electron chi connectivity index (χ4n) is 2.49. The third-order valence-electron chi connectivity index (χ3n) is 3.59. The molecule has 18 heavy (non-hydrogen) atoms. The Morgan fingerprint density at radius 2 is 1.89 bits per heavy atom. The quantitative estimate of drug-likeness (QED) is 0.764.